The second-order valence-electron chi connectivity index (χ2n) is 23.6. The molecule has 0 aliphatic rings. The highest BCUT2D eigenvalue weighted by Crippen LogP contribution is 2.38. The lowest BCUT2D eigenvalue weighted by molar-refractivity contribution is -0.870. The van der Waals surface area contributed by atoms with Crippen LogP contribution in [0.25, 0.3) is 0 Å². The standard InChI is InChI=1S/C70H127N2O7P/c1-7-10-13-16-19-22-25-28-30-32-33-34-35-36-37-38-39-40-42-45-48-51-54-57-60-63-70(74)79-68(61-58-55-52-49-46-43-27-24-21-18-15-12-9-3)67(66-78-80(75,76)77-65-64-72(4,5)6)71-69(73)62-59-56-53-50-47-44-41-31-29-26-23-20-17-14-11-8-2/h10,13,19,22,28,30,33-34,36-37,39-40,58,61,67-68H,7-9,11-12,14-18,20-21,23-27,29,31-32,35,38,41-57,59-60,62-66H2,1-6H3,(H-,71,73,75,76)/b13-10-,22-19-,30-28-,34-33-,37-36-,40-39-,61-58+. The fourth-order valence-electron chi connectivity index (χ4n) is 9.47. The number of amides is 1. The Morgan fingerprint density at radius 3 is 1.20 bits per heavy atom. The lowest BCUT2D eigenvalue weighted by Gasteiger charge is -2.30. The third kappa shape index (κ3) is 59.8. The van der Waals surface area contributed by atoms with E-state index in [0.717, 1.165) is 116 Å². The van der Waals surface area contributed by atoms with E-state index in [1.54, 1.807) is 0 Å². The van der Waals surface area contributed by atoms with E-state index in [4.69, 9.17) is 13.8 Å². The van der Waals surface area contributed by atoms with E-state index >= 15 is 0 Å². The Labute approximate surface area is 495 Å². The van der Waals surface area contributed by atoms with Gasteiger partial charge in [0.1, 0.15) is 19.3 Å². The number of hydrogen-bond donors (Lipinski definition) is 1. The van der Waals surface area contributed by atoms with Crippen molar-refractivity contribution in [1.82, 2.24) is 5.32 Å². The maximum atomic E-state index is 13.6. The van der Waals surface area contributed by atoms with Gasteiger partial charge in [0.15, 0.2) is 0 Å². The van der Waals surface area contributed by atoms with Crippen LogP contribution in [0.1, 0.15) is 297 Å². The van der Waals surface area contributed by atoms with Crippen molar-refractivity contribution in [2.75, 3.05) is 40.9 Å². The molecule has 0 heterocycles. The van der Waals surface area contributed by atoms with Gasteiger partial charge in [-0.1, -0.05) is 286 Å². The minimum Gasteiger partial charge on any atom is -0.756 e. The Morgan fingerprint density at radius 1 is 0.450 bits per heavy atom. The first-order valence-electron chi connectivity index (χ1n) is 33.4. The average Bonchev–Trinajstić information content (AvgIpc) is 3.42. The third-order valence-electron chi connectivity index (χ3n) is 14.6. The highest BCUT2D eigenvalue weighted by molar-refractivity contribution is 7.45. The first-order valence-corrected chi connectivity index (χ1v) is 34.9. The first-order chi connectivity index (χ1) is 38.9. The van der Waals surface area contributed by atoms with Crippen LogP contribution in [0.15, 0.2) is 85.1 Å². The molecule has 1 amide bonds. The highest BCUT2D eigenvalue weighted by Gasteiger charge is 2.27. The van der Waals surface area contributed by atoms with E-state index < -0.39 is 26.6 Å². The summed E-state index contributed by atoms with van der Waals surface area (Å²) >= 11 is 0. The maximum absolute atomic E-state index is 13.6. The number of carbonyl (C=O) groups is 2. The number of rotatable bonds is 60. The van der Waals surface area contributed by atoms with Crippen LogP contribution in [-0.4, -0.2) is 69.4 Å². The number of ether oxygens (including phenoxy) is 1. The predicted octanol–water partition coefficient (Wildman–Crippen LogP) is 20.3. The van der Waals surface area contributed by atoms with Gasteiger partial charge < -0.3 is 28.5 Å². The SMILES string of the molecule is CC/C=C\C/C=C\C/C=C\C/C=C\C/C=C\C/C=C\CCCCCCCCC(=O)OC(/C=C/CCCCCCCCCCCCC)C(COP(=O)([O-])OCC[N+](C)(C)C)NC(=O)CCCCCCCCCCCCCCCCCC. The molecule has 10 heteroatoms. The van der Waals surface area contributed by atoms with E-state index in [-0.39, 0.29) is 24.9 Å². The van der Waals surface area contributed by atoms with Crippen LogP contribution in [0.4, 0.5) is 0 Å². The molecule has 0 rings (SSSR count). The van der Waals surface area contributed by atoms with Crippen molar-refractivity contribution in [2.24, 2.45) is 0 Å². The summed E-state index contributed by atoms with van der Waals surface area (Å²) in [6.07, 6.45) is 78.3. The van der Waals surface area contributed by atoms with Crippen LogP contribution in [0.2, 0.25) is 0 Å². The molecule has 0 saturated carbocycles. The molecule has 464 valence electrons. The molecular weight excluding hydrogens is 1010 g/mol. The number of nitrogens with one attached hydrogen (secondary N) is 1. The molecule has 0 aliphatic carbocycles. The van der Waals surface area contributed by atoms with E-state index in [9.17, 15) is 19.0 Å². The van der Waals surface area contributed by atoms with Gasteiger partial charge in [0, 0.05) is 12.8 Å². The van der Waals surface area contributed by atoms with E-state index in [2.05, 4.69) is 99.0 Å². The first kappa shape index (κ1) is 77.2. The number of carbonyl (C=O) groups excluding carboxylic acids is 2. The fourth-order valence-corrected chi connectivity index (χ4v) is 10.2. The summed E-state index contributed by atoms with van der Waals surface area (Å²) in [5.41, 5.74) is 0. The van der Waals surface area contributed by atoms with Gasteiger partial charge in [-0.15, -0.1) is 0 Å². The second-order valence-corrected chi connectivity index (χ2v) is 25.0. The maximum Gasteiger partial charge on any atom is 0.306 e. The molecule has 0 aromatic carbocycles. The number of phosphoric ester groups is 1. The van der Waals surface area contributed by atoms with Crippen molar-refractivity contribution < 1.29 is 37.3 Å². The van der Waals surface area contributed by atoms with Gasteiger partial charge in [0.25, 0.3) is 7.82 Å². The molecule has 1 N–H and O–H groups in total. The molecule has 0 aliphatic heterocycles. The topological polar surface area (TPSA) is 114 Å². The zero-order valence-electron chi connectivity index (χ0n) is 53.0. The molecule has 3 unspecified atom stereocenters. The Morgan fingerprint density at radius 2 is 0.800 bits per heavy atom. The van der Waals surface area contributed by atoms with Gasteiger partial charge in [-0.2, -0.15) is 0 Å². The lowest BCUT2D eigenvalue weighted by Crippen LogP contribution is -2.47. The fraction of sp³-hybridized carbons (Fsp3) is 0.771. The Kier molecular flexibility index (Phi) is 57.3. The van der Waals surface area contributed by atoms with Gasteiger partial charge in [-0.3, -0.25) is 14.2 Å². The number of hydrogen-bond acceptors (Lipinski definition) is 7. The van der Waals surface area contributed by atoms with Gasteiger partial charge in [0.2, 0.25) is 5.91 Å². The van der Waals surface area contributed by atoms with E-state index in [1.165, 1.54) is 141 Å². The summed E-state index contributed by atoms with van der Waals surface area (Å²) in [5.74, 6) is -0.551. The smallest absolute Gasteiger partial charge is 0.306 e. The van der Waals surface area contributed by atoms with Crippen molar-refractivity contribution in [3.05, 3.63) is 85.1 Å². The quantitative estimate of drug-likeness (QED) is 0.0212. The molecule has 0 aromatic heterocycles. The summed E-state index contributed by atoms with van der Waals surface area (Å²) in [6.45, 7) is 6.74. The second kappa shape index (κ2) is 59.4. The third-order valence-corrected chi connectivity index (χ3v) is 15.6. The van der Waals surface area contributed by atoms with Crippen LogP contribution >= 0.6 is 7.82 Å². The summed E-state index contributed by atoms with van der Waals surface area (Å²) in [5, 5.41) is 3.03. The molecule has 0 saturated heterocycles. The van der Waals surface area contributed by atoms with Gasteiger partial charge in [0.05, 0.1) is 33.8 Å². The molecular formula is C70H127N2O7P. The number of unbranched alkanes of at least 4 members (excludes halogenated alkanes) is 32. The van der Waals surface area contributed by atoms with E-state index in [0.29, 0.717) is 23.9 Å². The Hall–Kier alpha value is -2.81. The summed E-state index contributed by atoms with van der Waals surface area (Å²) in [6, 6.07) is -0.897. The Balaban J connectivity index is 5.20. The molecule has 0 spiro atoms. The van der Waals surface area contributed by atoms with Crippen molar-refractivity contribution in [2.45, 2.75) is 309 Å². The zero-order valence-corrected chi connectivity index (χ0v) is 53.9. The van der Waals surface area contributed by atoms with Crippen LogP contribution in [0.5, 0.6) is 0 Å². The summed E-state index contributed by atoms with van der Waals surface area (Å²) in [7, 11) is 1.18. The van der Waals surface area contributed by atoms with Crippen LogP contribution in [0.3, 0.4) is 0 Å². The van der Waals surface area contributed by atoms with Crippen molar-refractivity contribution >= 4 is 19.7 Å². The highest BCUT2D eigenvalue weighted by atomic mass is 31.2. The number of esters is 1. The molecule has 0 radical (unpaired) electrons. The van der Waals surface area contributed by atoms with Crippen LogP contribution < -0.4 is 10.2 Å². The molecule has 80 heavy (non-hydrogen) atoms. The van der Waals surface area contributed by atoms with Crippen molar-refractivity contribution in [3.8, 4) is 0 Å². The molecule has 0 aromatic rings. The number of likely N-dealkylation sites (N-methyl/N-ethyl adjacent to an activating group) is 1. The minimum atomic E-state index is -4.71. The van der Waals surface area contributed by atoms with E-state index in [1.807, 2.05) is 33.3 Å². The van der Waals surface area contributed by atoms with Crippen molar-refractivity contribution in [3.63, 3.8) is 0 Å². The van der Waals surface area contributed by atoms with Crippen molar-refractivity contribution in [1.29, 1.82) is 0 Å². The normalized spacial score (nSPS) is 14.1. The molecule has 0 bridgehead atoms. The number of nitrogens with zero attached hydrogens (tertiary/aromatic N) is 1. The zero-order chi connectivity index (χ0) is 58.6. The summed E-state index contributed by atoms with van der Waals surface area (Å²) in [4.78, 5) is 40.1. The molecule has 3 atom stereocenters. The van der Waals surface area contributed by atoms with Gasteiger partial charge >= 0.3 is 5.97 Å². The summed E-state index contributed by atoms with van der Waals surface area (Å²) < 4.78 is 30.4. The molecule has 9 nitrogen and oxygen atoms in total. The largest absolute Gasteiger partial charge is 0.756 e. The number of phosphoric acid groups is 1. The minimum absolute atomic E-state index is 0.0265. The number of allylic oxidation sites excluding steroid dienone is 13. The number of quaternary nitrogens is 1. The van der Waals surface area contributed by atoms with Gasteiger partial charge in [-0.05, 0) is 83.1 Å². The van der Waals surface area contributed by atoms with Gasteiger partial charge in [-0.25, -0.2) is 0 Å². The lowest BCUT2D eigenvalue weighted by atomic mass is 10.0. The Bertz CT molecular complexity index is 1640. The van der Waals surface area contributed by atoms with Crippen LogP contribution in [0, 0.1) is 0 Å². The predicted molar refractivity (Wildman–Crippen MR) is 344 cm³/mol. The molecule has 0 fully saturated rings. The monoisotopic (exact) mass is 1140 g/mol. The van der Waals surface area contributed by atoms with Crippen LogP contribution in [-0.2, 0) is 27.9 Å². The average molecular weight is 1140 g/mol.